The molecule has 1 aliphatic rings. The van der Waals surface area contributed by atoms with Gasteiger partial charge in [0.15, 0.2) is 5.78 Å². The molecule has 5 heteroatoms. The third-order valence-corrected chi connectivity index (χ3v) is 5.29. The summed E-state index contributed by atoms with van der Waals surface area (Å²) in [4.78, 5) is 28.0. The zero-order chi connectivity index (χ0) is 18.7. The Bertz CT molecular complexity index is 835. The first kappa shape index (κ1) is 21.1. The fourth-order valence-corrected chi connectivity index (χ4v) is 3.47. The van der Waals surface area contributed by atoms with Crippen molar-refractivity contribution in [2.75, 3.05) is 20.1 Å². The number of ketones is 1. The molecule has 0 spiro atoms. The third kappa shape index (κ3) is 4.57. The molecule has 0 aliphatic carbocycles. The molecule has 0 radical (unpaired) electrons. The number of carbonyl (C=O) groups is 2. The van der Waals surface area contributed by atoms with Crippen LogP contribution in [-0.4, -0.2) is 42.8 Å². The predicted molar refractivity (Wildman–Crippen MR) is 111 cm³/mol. The van der Waals surface area contributed by atoms with Crippen molar-refractivity contribution in [3.63, 3.8) is 0 Å². The minimum absolute atomic E-state index is 0. The summed E-state index contributed by atoms with van der Waals surface area (Å²) in [5, 5.41) is 3.25. The van der Waals surface area contributed by atoms with Crippen molar-refractivity contribution in [1.82, 2.24) is 10.2 Å². The van der Waals surface area contributed by atoms with Crippen LogP contribution in [0.1, 0.15) is 50.2 Å². The lowest BCUT2D eigenvalue weighted by atomic mass is 9.95. The van der Waals surface area contributed by atoms with E-state index in [1.807, 2.05) is 56.1 Å². The number of piperidine rings is 1. The fourth-order valence-electron chi connectivity index (χ4n) is 3.47. The average molecular weight is 387 g/mol. The van der Waals surface area contributed by atoms with E-state index in [0.29, 0.717) is 29.3 Å². The van der Waals surface area contributed by atoms with Gasteiger partial charge in [-0.25, -0.2) is 0 Å². The van der Waals surface area contributed by atoms with Crippen LogP contribution in [0.5, 0.6) is 0 Å². The van der Waals surface area contributed by atoms with Crippen LogP contribution in [0.4, 0.5) is 0 Å². The van der Waals surface area contributed by atoms with Crippen LogP contribution in [-0.2, 0) is 0 Å². The zero-order valence-corrected chi connectivity index (χ0v) is 16.9. The normalized spacial score (nSPS) is 16.6. The highest BCUT2D eigenvalue weighted by Gasteiger charge is 2.26. The van der Waals surface area contributed by atoms with E-state index in [0.717, 1.165) is 30.5 Å². The predicted octanol–water partition coefficient (Wildman–Crippen LogP) is 3.78. The molecule has 1 saturated heterocycles. The monoisotopic (exact) mass is 386 g/mol. The fraction of sp³-hybridized carbons (Fsp3) is 0.364. The first-order valence-corrected chi connectivity index (χ1v) is 9.18. The van der Waals surface area contributed by atoms with Crippen molar-refractivity contribution < 1.29 is 9.59 Å². The molecule has 0 saturated carbocycles. The van der Waals surface area contributed by atoms with E-state index >= 15 is 0 Å². The first-order chi connectivity index (χ1) is 12.5. The van der Waals surface area contributed by atoms with Gasteiger partial charge in [0.1, 0.15) is 0 Å². The number of hydrogen-bond acceptors (Lipinski definition) is 3. The maximum absolute atomic E-state index is 13.1. The minimum atomic E-state index is -0.0979. The number of benzene rings is 2. The van der Waals surface area contributed by atoms with Gasteiger partial charge in [0.2, 0.25) is 0 Å². The summed E-state index contributed by atoms with van der Waals surface area (Å²) >= 11 is 0. The Morgan fingerprint density at radius 1 is 1.04 bits per heavy atom. The van der Waals surface area contributed by atoms with E-state index in [4.69, 9.17) is 0 Å². The number of likely N-dealkylation sites (N-methyl/N-ethyl adjacent to an activating group) is 1. The lowest BCUT2D eigenvalue weighted by Crippen LogP contribution is -2.47. The van der Waals surface area contributed by atoms with E-state index in [9.17, 15) is 9.59 Å². The highest BCUT2D eigenvalue weighted by Crippen LogP contribution is 2.20. The van der Waals surface area contributed by atoms with E-state index in [1.165, 1.54) is 0 Å². The number of amides is 1. The van der Waals surface area contributed by atoms with Gasteiger partial charge in [0.05, 0.1) is 5.56 Å². The number of aryl methyl sites for hydroxylation is 2. The molecule has 3 rings (SSSR count). The summed E-state index contributed by atoms with van der Waals surface area (Å²) in [5.74, 6) is -0.156. The van der Waals surface area contributed by atoms with Gasteiger partial charge < -0.3 is 10.2 Å². The lowest BCUT2D eigenvalue weighted by molar-refractivity contribution is 0.0694. The van der Waals surface area contributed by atoms with Gasteiger partial charge in [0, 0.05) is 30.3 Å². The van der Waals surface area contributed by atoms with Crippen molar-refractivity contribution in [2.45, 2.75) is 32.7 Å². The molecule has 1 aliphatic heterocycles. The number of nitrogens with zero attached hydrogens (tertiary/aromatic N) is 1. The standard InChI is InChI=1S/C22H26N2O2.ClH/c1-15-10-11-17(13-16(15)2)21(25)19-8-4-5-9-20(19)22(26)24-12-6-7-18(14-24)23-3;/h4-5,8-11,13,18,23H,6-7,12,14H2,1-3H3;1H. The molecule has 1 amide bonds. The van der Waals surface area contributed by atoms with Crippen molar-refractivity contribution in [2.24, 2.45) is 0 Å². The molecular weight excluding hydrogens is 360 g/mol. The number of hydrogen-bond donors (Lipinski definition) is 1. The summed E-state index contributed by atoms with van der Waals surface area (Å²) < 4.78 is 0. The Morgan fingerprint density at radius 3 is 2.41 bits per heavy atom. The lowest BCUT2D eigenvalue weighted by Gasteiger charge is -2.33. The molecule has 27 heavy (non-hydrogen) atoms. The van der Waals surface area contributed by atoms with Gasteiger partial charge in [-0.3, -0.25) is 9.59 Å². The maximum atomic E-state index is 13.1. The SMILES string of the molecule is CNC1CCCN(C(=O)c2ccccc2C(=O)c2ccc(C)c(C)c2)C1.Cl. The van der Waals surface area contributed by atoms with Gasteiger partial charge >= 0.3 is 0 Å². The Morgan fingerprint density at radius 2 is 1.74 bits per heavy atom. The zero-order valence-electron chi connectivity index (χ0n) is 16.1. The van der Waals surface area contributed by atoms with Crippen LogP contribution in [0.15, 0.2) is 42.5 Å². The quantitative estimate of drug-likeness (QED) is 0.813. The number of halogens is 1. The Hall–Kier alpha value is -2.17. The van der Waals surface area contributed by atoms with Crippen LogP contribution in [0, 0.1) is 13.8 Å². The number of rotatable bonds is 4. The molecule has 2 aromatic carbocycles. The van der Waals surface area contributed by atoms with Crippen molar-refractivity contribution in [3.8, 4) is 0 Å². The molecule has 0 aromatic heterocycles. The van der Waals surface area contributed by atoms with Crippen LogP contribution >= 0.6 is 12.4 Å². The molecule has 1 atom stereocenters. The van der Waals surface area contributed by atoms with Gasteiger partial charge in [0.25, 0.3) is 5.91 Å². The van der Waals surface area contributed by atoms with Crippen molar-refractivity contribution >= 4 is 24.1 Å². The topological polar surface area (TPSA) is 49.4 Å². The highest BCUT2D eigenvalue weighted by molar-refractivity contribution is 6.15. The molecule has 2 aromatic rings. The van der Waals surface area contributed by atoms with Crippen LogP contribution in [0.25, 0.3) is 0 Å². The Labute approximate surface area is 167 Å². The summed E-state index contributed by atoms with van der Waals surface area (Å²) in [6, 6.07) is 13.2. The van der Waals surface area contributed by atoms with Crippen LogP contribution in [0.3, 0.4) is 0 Å². The number of likely N-dealkylation sites (tertiary alicyclic amines) is 1. The molecule has 1 unspecified atom stereocenters. The third-order valence-electron chi connectivity index (χ3n) is 5.29. The Balaban J connectivity index is 0.00000261. The average Bonchev–Trinajstić information content (AvgIpc) is 2.69. The van der Waals surface area contributed by atoms with Crippen LogP contribution in [0.2, 0.25) is 0 Å². The second-order valence-corrected chi connectivity index (χ2v) is 7.05. The second-order valence-electron chi connectivity index (χ2n) is 7.05. The summed E-state index contributed by atoms with van der Waals surface area (Å²) in [5.41, 5.74) is 3.82. The largest absolute Gasteiger partial charge is 0.337 e. The summed E-state index contributed by atoms with van der Waals surface area (Å²) in [6.07, 6.45) is 2.05. The van der Waals surface area contributed by atoms with Gasteiger partial charge in [-0.15, -0.1) is 12.4 Å². The molecular formula is C22H27ClN2O2. The van der Waals surface area contributed by atoms with E-state index in [2.05, 4.69) is 5.32 Å². The molecule has 144 valence electrons. The second kappa shape index (κ2) is 9.16. The molecule has 1 fully saturated rings. The van der Waals surface area contributed by atoms with Crippen LogP contribution < -0.4 is 5.32 Å². The number of nitrogens with one attached hydrogen (secondary N) is 1. The molecule has 0 bridgehead atoms. The van der Waals surface area contributed by atoms with Gasteiger partial charge in [-0.2, -0.15) is 0 Å². The highest BCUT2D eigenvalue weighted by atomic mass is 35.5. The van der Waals surface area contributed by atoms with Crippen molar-refractivity contribution in [1.29, 1.82) is 0 Å². The smallest absolute Gasteiger partial charge is 0.254 e. The van der Waals surface area contributed by atoms with E-state index in [-0.39, 0.29) is 24.1 Å². The summed E-state index contributed by atoms with van der Waals surface area (Å²) in [6.45, 7) is 5.44. The van der Waals surface area contributed by atoms with E-state index < -0.39 is 0 Å². The van der Waals surface area contributed by atoms with E-state index in [1.54, 1.807) is 12.1 Å². The van der Waals surface area contributed by atoms with Gasteiger partial charge in [-0.05, 0) is 57.0 Å². The molecule has 1 N–H and O–H groups in total. The maximum Gasteiger partial charge on any atom is 0.254 e. The molecule has 1 heterocycles. The van der Waals surface area contributed by atoms with Gasteiger partial charge in [-0.1, -0.05) is 30.3 Å². The Kier molecular flexibility index (Phi) is 7.17. The number of carbonyl (C=O) groups excluding carboxylic acids is 2. The summed E-state index contributed by atoms with van der Waals surface area (Å²) in [7, 11) is 1.93. The molecule has 4 nitrogen and oxygen atoms in total. The minimum Gasteiger partial charge on any atom is -0.337 e. The van der Waals surface area contributed by atoms with Crippen molar-refractivity contribution in [3.05, 3.63) is 70.3 Å². The first-order valence-electron chi connectivity index (χ1n) is 9.18.